The van der Waals surface area contributed by atoms with Gasteiger partial charge in [-0.1, -0.05) is 11.8 Å². The first-order chi connectivity index (χ1) is 7.79. The Hall–Kier alpha value is -0.160. The Morgan fingerprint density at radius 1 is 1.35 bits per heavy atom. The lowest BCUT2D eigenvalue weighted by Gasteiger charge is -2.24. The summed E-state index contributed by atoms with van der Waals surface area (Å²) in [4.78, 5) is 22.9. The third kappa shape index (κ3) is 5.34. The highest BCUT2D eigenvalue weighted by molar-refractivity contribution is 8.13. The van der Waals surface area contributed by atoms with Gasteiger partial charge in [-0.25, -0.2) is 0 Å². The summed E-state index contributed by atoms with van der Waals surface area (Å²) in [7, 11) is 0. The van der Waals surface area contributed by atoms with E-state index in [0.29, 0.717) is 0 Å². The molecule has 1 aliphatic heterocycles. The lowest BCUT2D eigenvalue weighted by atomic mass is 9.98. The average molecular weight is 276 g/mol. The van der Waals surface area contributed by atoms with Crippen LogP contribution in [0.3, 0.4) is 0 Å². The molecule has 5 heteroatoms. The minimum Gasteiger partial charge on any atom is -0.460 e. The number of carbonyl (C=O) groups is 2. The molecule has 3 nitrogen and oxygen atoms in total. The molecule has 0 spiro atoms. The Morgan fingerprint density at radius 2 is 2.00 bits per heavy atom. The molecule has 1 saturated heterocycles. The van der Waals surface area contributed by atoms with Gasteiger partial charge in [0, 0.05) is 18.4 Å². The normalized spacial score (nSPS) is 24.7. The number of carbonyl (C=O) groups excluding carboxylic acids is 2. The fourth-order valence-electron chi connectivity index (χ4n) is 1.63. The molecule has 0 N–H and O–H groups in total. The third-order valence-electron chi connectivity index (χ3n) is 2.41. The van der Waals surface area contributed by atoms with Crippen molar-refractivity contribution in [2.45, 2.75) is 33.3 Å². The van der Waals surface area contributed by atoms with Crippen molar-refractivity contribution in [3.05, 3.63) is 0 Å². The average Bonchev–Trinajstić information content (AvgIpc) is 2.59. The molecule has 17 heavy (non-hydrogen) atoms. The smallest absolute Gasteiger partial charge is 0.310 e. The van der Waals surface area contributed by atoms with E-state index in [9.17, 15) is 9.59 Å². The first kappa shape index (κ1) is 14.9. The van der Waals surface area contributed by atoms with Crippen LogP contribution < -0.4 is 0 Å². The van der Waals surface area contributed by atoms with Crippen molar-refractivity contribution in [1.82, 2.24) is 0 Å². The largest absolute Gasteiger partial charge is 0.460 e. The monoisotopic (exact) mass is 276 g/mol. The summed E-state index contributed by atoms with van der Waals surface area (Å²) >= 11 is 3.08. The van der Waals surface area contributed by atoms with E-state index in [2.05, 4.69) is 0 Å². The molecule has 0 aliphatic carbocycles. The zero-order valence-electron chi connectivity index (χ0n) is 10.8. The lowest BCUT2D eigenvalue weighted by Crippen LogP contribution is -2.32. The summed E-state index contributed by atoms with van der Waals surface area (Å²) in [5.74, 6) is 2.60. The van der Waals surface area contributed by atoms with Crippen molar-refractivity contribution in [1.29, 1.82) is 0 Å². The molecule has 0 amide bonds. The van der Waals surface area contributed by atoms with Gasteiger partial charge in [-0.2, -0.15) is 11.8 Å². The van der Waals surface area contributed by atoms with Gasteiger partial charge in [0.05, 0.1) is 5.92 Å². The maximum absolute atomic E-state index is 12.0. The van der Waals surface area contributed by atoms with Crippen LogP contribution in [0.2, 0.25) is 0 Å². The second-order valence-electron chi connectivity index (χ2n) is 5.24. The Kier molecular flexibility index (Phi) is 5.38. The van der Waals surface area contributed by atoms with E-state index in [1.807, 2.05) is 20.8 Å². The third-order valence-corrected chi connectivity index (χ3v) is 4.67. The number of hydrogen-bond acceptors (Lipinski definition) is 5. The van der Waals surface area contributed by atoms with Crippen LogP contribution in [0.4, 0.5) is 0 Å². The van der Waals surface area contributed by atoms with Gasteiger partial charge in [0.1, 0.15) is 5.60 Å². The Labute approximate surface area is 111 Å². The van der Waals surface area contributed by atoms with Crippen molar-refractivity contribution in [2.75, 3.05) is 17.3 Å². The van der Waals surface area contributed by atoms with Crippen LogP contribution in [0.1, 0.15) is 27.7 Å². The summed E-state index contributed by atoms with van der Waals surface area (Å²) in [6, 6.07) is 0. The number of ether oxygens (including phenoxy) is 1. The number of hydrogen-bond donors (Lipinski definition) is 0. The van der Waals surface area contributed by atoms with Crippen LogP contribution in [-0.2, 0) is 14.3 Å². The Balaban J connectivity index is 2.51. The second-order valence-corrected chi connectivity index (χ2v) is 7.51. The van der Waals surface area contributed by atoms with Crippen molar-refractivity contribution in [2.24, 2.45) is 11.8 Å². The van der Waals surface area contributed by atoms with E-state index in [1.165, 1.54) is 11.8 Å². The highest BCUT2D eigenvalue weighted by Crippen LogP contribution is 2.34. The first-order valence-corrected chi connectivity index (χ1v) is 7.87. The molecule has 1 heterocycles. The summed E-state index contributed by atoms with van der Waals surface area (Å²) < 4.78 is 5.41. The maximum atomic E-state index is 12.0. The predicted molar refractivity (Wildman–Crippen MR) is 73.3 cm³/mol. The zero-order chi connectivity index (χ0) is 13.1. The van der Waals surface area contributed by atoms with Crippen LogP contribution in [0.25, 0.3) is 0 Å². The van der Waals surface area contributed by atoms with E-state index >= 15 is 0 Å². The number of rotatable bonds is 3. The van der Waals surface area contributed by atoms with Crippen molar-refractivity contribution in [3.63, 3.8) is 0 Å². The first-order valence-electron chi connectivity index (χ1n) is 5.73. The SMILES string of the molecule is CC(=O)SC[C@H]1CSC[C@@H]1C(=O)OC(C)(C)C. The summed E-state index contributed by atoms with van der Waals surface area (Å²) in [6.07, 6.45) is 0. The fourth-order valence-corrected chi connectivity index (χ4v) is 4.02. The molecule has 98 valence electrons. The maximum Gasteiger partial charge on any atom is 0.310 e. The molecule has 0 aromatic heterocycles. The quantitative estimate of drug-likeness (QED) is 0.741. The van der Waals surface area contributed by atoms with Gasteiger partial charge in [0.25, 0.3) is 0 Å². The molecule has 1 rings (SSSR count). The molecular weight excluding hydrogens is 256 g/mol. The zero-order valence-corrected chi connectivity index (χ0v) is 12.5. The molecule has 0 aromatic rings. The lowest BCUT2D eigenvalue weighted by molar-refractivity contribution is -0.160. The molecule has 0 radical (unpaired) electrons. The van der Waals surface area contributed by atoms with Crippen molar-refractivity contribution in [3.8, 4) is 0 Å². The molecule has 1 aliphatic rings. The van der Waals surface area contributed by atoms with Gasteiger partial charge >= 0.3 is 5.97 Å². The van der Waals surface area contributed by atoms with Crippen LogP contribution in [0, 0.1) is 11.8 Å². The summed E-state index contributed by atoms with van der Waals surface area (Å²) in [5.41, 5.74) is -0.428. The van der Waals surface area contributed by atoms with Gasteiger partial charge in [-0.3, -0.25) is 9.59 Å². The molecule has 0 unspecified atom stereocenters. The summed E-state index contributed by atoms with van der Waals surface area (Å²) in [5, 5.41) is 0.116. The molecule has 0 saturated carbocycles. The van der Waals surface area contributed by atoms with Crippen molar-refractivity contribution >= 4 is 34.6 Å². The number of thioether (sulfide) groups is 2. The van der Waals surface area contributed by atoms with Crippen LogP contribution >= 0.6 is 23.5 Å². The highest BCUT2D eigenvalue weighted by Gasteiger charge is 2.36. The standard InChI is InChI=1S/C12H20O3S2/c1-8(13)17-6-9-5-16-7-10(9)11(14)15-12(2,3)4/h9-10H,5-7H2,1-4H3/t9-,10+/m1/s1. The minimum absolute atomic E-state index is 0.0499. The number of esters is 1. The topological polar surface area (TPSA) is 43.4 Å². The molecule has 2 atom stereocenters. The van der Waals surface area contributed by atoms with E-state index in [4.69, 9.17) is 4.74 Å². The molecule has 1 fully saturated rings. The van der Waals surface area contributed by atoms with E-state index in [0.717, 1.165) is 17.3 Å². The van der Waals surface area contributed by atoms with Crippen LogP contribution in [-0.4, -0.2) is 33.9 Å². The molecule has 0 bridgehead atoms. The van der Waals surface area contributed by atoms with Crippen LogP contribution in [0.15, 0.2) is 0 Å². The van der Waals surface area contributed by atoms with Gasteiger partial charge in [0.15, 0.2) is 5.12 Å². The predicted octanol–water partition coefficient (Wildman–Crippen LogP) is 2.59. The molecular formula is C12H20O3S2. The Morgan fingerprint density at radius 3 is 2.53 bits per heavy atom. The van der Waals surface area contributed by atoms with Gasteiger partial charge < -0.3 is 4.74 Å². The highest BCUT2D eigenvalue weighted by atomic mass is 32.2. The molecule has 0 aromatic carbocycles. The van der Waals surface area contributed by atoms with Crippen molar-refractivity contribution < 1.29 is 14.3 Å². The Bertz CT molecular complexity index is 297. The van der Waals surface area contributed by atoms with E-state index < -0.39 is 5.60 Å². The minimum atomic E-state index is -0.428. The summed E-state index contributed by atoms with van der Waals surface area (Å²) in [6.45, 7) is 7.21. The van der Waals surface area contributed by atoms with Gasteiger partial charge in [-0.05, 0) is 32.4 Å². The van der Waals surface area contributed by atoms with E-state index in [1.54, 1.807) is 18.7 Å². The van der Waals surface area contributed by atoms with Gasteiger partial charge in [0.2, 0.25) is 0 Å². The van der Waals surface area contributed by atoms with E-state index in [-0.39, 0.29) is 22.9 Å². The fraction of sp³-hybridized carbons (Fsp3) is 0.833. The second kappa shape index (κ2) is 6.14. The van der Waals surface area contributed by atoms with Crippen LogP contribution in [0.5, 0.6) is 0 Å². The van der Waals surface area contributed by atoms with Gasteiger partial charge in [-0.15, -0.1) is 0 Å².